The summed E-state index contributed by atoms with van der Waals surface area (Å²) >= 11 is 0. The van der Waals surface area contributed by atoms with Crippen LogP contribution in [0.3, 0.4) is 0 Å². The number of aromatic nitrogens is 1. The number of hydrogen-bond donors (Lipinski definition) is 2. The number of hydrogen-bond acceptors (Lipinski definition) is 5. The van der Waals surface area contributed by atoms with Crippen LogP contribution < -0.4 is 0 Å². The predicted octanol–water partition coefficient (Wildman–Crippen LogP) is 2.85. The molecule has 2 N–H and O–H groups in total. The third kappa shape index (κ3) is 4.18. The van der Waals surface area contributed by atoms with E-state index in [2.05, 4.69) is 9.80 Å². The lowest BCUT2D eigenvalue weighted by atomic mass is 9.96. The molecular formula is C23H24FN3O3. The summed E-state index contributed by atoms with van der Waals surface area (Å²) < 4.78 is 14.0. The van der Waals surface area contributed by atoms with Crippen molar-refractivity contribution in [1.82, 2.24) is 14.8 Å². The normalized spacial score (nSPS) is 15.5. The summed E-state index contributed by atoms with van der Waals surface area (Å²) in [6, 6.07) is 13.6. The molecule has 1 saturated heterocycles. The summed E-state index contributed by atoms with van der Waals surface area (Å²) in [5.41, 5.74) is 2.62. The Morgan fingerprint density at radius 1 is 1.03 bits per heavy atom. The largest absolute Gasteiger partial charge is 0.478 e. The summed E-state index contributed by atoms with van der Waals surface area (Å²) in [6.07, 6.45) is 0. The van der Waals surface area contributed by atoms with E-state index in [9.17, 15) is 14.3 Å². The van der Waals surface area contributed by atoms with E-state index in [0.29, 0.717) is 35.2 Å². The molecule has 1 aliphatic heterocycles. The number of carboxylic acids is 1. The number of pyridine rings is 1. The maximum absolute atomic E-state index is 14.0. The molecular weight excluding hydrogens is 385 g/mol. The Bertz CT molecular complexity index is 1050. The van der Waals surface area contributed by atoms with Crippen LogP contribution >= 0.6 is 0 Å². The molecule has 0 unspecified atom stereocenters. The van der Waals surface area contributed by atoms with Crippen molar-refractivity contribution >= 4 is 16.9 Å². The first-order chi connectivity index (χ1) is 14.6. The lowest BCUT2D eigenvalue weighted by Crippen LogP contribution is -2.46. The molecule has 2 aromatic carbocycles. The zero-order valence-electron chi connectivity index (χ0n) is 16.6. The van der Waals surface area contributed by atoms with Crippen molar-refractivity contribution in [2.45, 2.75) is 6.54 Å². The number of benzene rings is 2. The lowest BCUT2D eigenvalue weighted by molar-refractivity contribution is 0.0694. The van der Waals surface area contributed by atoms with Gasteiger partial charge in [0.1, 0.15) is 5.82 Å². The summed E-state index contributed by atoms with van der Waals surface area (Å²) in [6.45, 7) is 4.31. The number of aliphatic hydroxyl groups excluding tert-OH is 1. The van der Waals surface area contributed by atoms with E-state index in [1.165, 1.54) is 18.2 Å². The van der Waals surface area contributed by atoms with Crippen LogP contribution in [0.15, 0.2) is 48.5 Å². The molecule has 1 aromatic heterocycles. The van der Waals surface area contributed by atoms with Crippen molar-refractivity contribution in [3.05, 3.63) is 65.5 Å². The van der Waals surface area contributed by atoms with Crippen molar-refractivity contribution < 1.29 is 19.4 Å². The van der Waals surface area contributed by atoms with Crippen LogP contribution in [-0.4, -0.2) is 70.3 Å². The molecule has 1 aliphatic rings. The van der Waals surface area contributed by atoms with Crippen molar-refractivity contribution in [1.29, 1.82) is 0 Å². The van der Waals surface area contributed by atoms with E-state index in [-0.39, 0.29) is 12.2 Å². The van der Waals surface area contributed by atoms with E-state index >= 15 is 0 Å². The first-order valence-corrected chi connectivity index (χ1v) is 10.0. The molecule has 7 heteroatoms. The van der Waals surface area contributed by atoms with Gasteiger partial charge < -0.3 is 10.2 Å². The molecule has 2 heterocycles. The fourth-order valence-electron chi connectivity index (χ4n) is 4.04. The highest BCUT2D eigenvalue weighted by molar-refractivity contribution is 6.05. The standard InChI is InChI=1S/C23H24FN3O3/c24-17-6-7-20-18(14-17)21(23(29)30)19(22(25-20)16-4-2-1-3-5-16)15-27-10-8-26(9-11-27)12-13-28/h1-7,14,28H,8-13,15H2,(H,29,30). The molecule has 0 spiro atoms. The first kappa shape index (κ1) is 20.4. The number of carbonyl (C=O) groups is 1. The topological polar surface area (TPSA) is 76.9 Å². The zero-order valence-corrected chi connectivity index (χ0v) is 16.6. The smallest absolute Gasteiger partial charge is 0.336 e. The second-order valence-corrected chi connectivity index (χ2v) is 7.49. The molecule has 0 amide bonds. The number of nitrogens with zero attached hydrogens (tertiary/aromatic N) is 3. The number of halogens is 1. The summed E-state index contributed by atoms with van der Waals surface area (Å²) in [4.78, 5) is 21.4. The Morgan fingerprint density at radius 3 is 2.40 bits per heavy atom. The molecule has 0 saturated carbocycles. The highest BCUT2D eigenvalue weighted by Gasteiger charge is 2.25. The molecule has 0 atom stereocenters. The Labute approximate surface area is 174 Å². The van der Waals surface area contributed by atoms with Crippen molar-refractivity contribution in [3.63, 3.8) is 0 Å². The lowest BCUT2D eigenvalue weighted by Gasteiger charge is -2.35. The maximum Gasteiger partial charge on any atom is 0.336 e. The van der Waals surface area contributed by atoms with Gasteiger partial charge in [-0.3, -0.25) is 9.80 Å². The van der Waals surface area contributed by atoms with Gasteiger partial charge in [-0.25, -0.2) is 14.2 Å². The average molecular weight is 409 g/mol. The van der Waals surface area contributed by atoms with Crippen LogP contribution in [0.4, 0.5) is 4.39 Å². The number of fused-ring (bicyclic) bond motifs is 1. The highest BCUT2D eigenvalue weighted by atomic mass is 19.1. The van der Waals surface area contributed by atoms with Gasteiger partial charge in [-0.2, -0.15) is 0 Å². The van der Waals surface area contributed by atoms with Gasteiger partial charge in [-0.05, 0) is 18.2 Å². The summed E-state index contributed by atoms with van der Waals surface area (Å²) in [7, 11) is 0. The third-order valence-electron chi connectivity index (χ3n) is 5.57. The highest BCUT2D eigenvalue weighted by Crippen LogP contribution is 2.32. The summed E-state index contributed by atoms with van der Waals surface area (Å²) in [5.74, 6) is -1.57. The van der Waals surface area contributed by atoms with Gasteiger partial charge in [-0.15, -0.1) is 0 Å². The second-order valence-electron chi connectivity index (χ2n) is 7.49. The molecule has 30 heavy (non-hydrogen) atoms. The second kappa shape index (κ2) is 8.87. The predicted molar refractivity (Wildman–Crippen MR) is 113 cm³/mol. The number of rotatable bonds is 6. The molecule has 3 aromatic rings. The van der Waals surface area contributed by atoms with E-state index < -0.39 is 11.8 Å². The van der Waals surface area contributed by atoms with Crippen molar-refractivity contribution in [2.75, 3.05) is 39.3 Å². The molecule has 1 fully saturated rings. The van der Waals surface area contributed by atoms with Gasteiger partial charge in [-0.1, -0.05) is 30.3 Å². The van der Waals surface area contributed by atoms with Gasteiger partial charge in [0.05, 0.1) is 23.4 Å². The molecule has 0 aliphatic carbocycles. The minimum absolute atomic E-state index is 0.108. The zero-order chi connectivity index (χ0) is 21.1. The van der Waals surface area contributed by atoms with Crippen molar-refractivity contribution in [3.8, 4) is 11.3 Å². The van der Waals surface area contributed by atoms with Crippen LogP contribution in [0.5, 0.6) is 0 Å². The summed E-state index contributed by atoms with van der Waals surface area (Å²) in [5, 5.41) is 19.5. The van der Waals surface area contributed by atoms with Crippen LogP contribution in [-0.2, 0) is 6.54 Å². The van der Waals surface area contributed by atoms with Gasteiger partial charge in [0.25, 0.3) is 0 Å². The molecule has 0 bridgehead atoms. The Morgan fingerprint density at radius 2 is 1.73 bits per heavy atom. The maximum atomic E-state index is 14.0. The van der Waals surface area contributed by atoms with Gasteiger partial charge in [0.15, 0.2) is 0 Å². The molecule has 6 nitrogen and oxygen atoms in total. The van der Waals surface area contributed by atoms with E-state index in [1.54, 1.807) is 0 Å². The first-order valence-electron chi connectivity index (χ1n) is 10.0. The number of piperazine rings is 1. The number of aromatic carboxylic acids is 1. The van der Waals surface area contributed by atoms with Crippen LogP contribution in [0.2, 0.25) is 0 Å². The number of aliphatic hydroxyl groups is 1. The van der Waals surface area contributed by atoms with E-state index in [4.69, 9.17) is 10.1 Å². The third-order valence-corrected chi connectivity index (χ3v) is 5.57. The average Bonchev–Trinajstić information content (AvgIpc) is 2.75. The van der Waals surface area contributed by atoms with Crippen LogP contribution in [0.25, 0.3) is 22.2 Å². The van der Waals surface area contributed by atoms with Gasteiger partial charge >= 0.3 is 5.97 Å². The molecule has 0 radical (unpaired) electrons. The minimum Gasteiger partial charge on any atom is -0.478 e. The van der Waals surface area contributed by atoms with E-state index in [0.717, 1.165) is 31.7 Å². The van der Waals surface area contributed by atoms with Crippen LogP contribution in [0.1, 0.15) is 15.9 Å². The fourth-order valence-corrected chi connectivity index (χ4v) is 4.04. The quantitative estimate of drug-likeness (QED) is 0.652. The van der Waals surface area contributed by atoms with E-state index in [1.807, 2.05) is 30.3 Å². The SMILES string of the molecule is O=C(O)c1c(CN2CCN(CCO)CC2)c(-c2ccccc2)nc2ccc(F)cc12. The fraction of sp³-hybridized carbons (Fsp3) is 0.304. The number of β-amino-alcohol motifs (C(OH)–C–C–N with tert-alkyl or cyclic N) is 1. The Balaban J connectivity index is 1.81. The molecule has 4 rings (SSSR count). The monoisotopic (exact) mass is 409 g/mol. The Hall–Kier alpha value is -2.87. The molecule has 156 valence electrons. The van der Waals surface area contributed by atoms with Crippen molar-refractivity contribution in [2.24, 2.45) is 0 Å². The van der Waals surface area contributed by atoms with Crippen LogP contribution in [0, 0.1) is 5.82 Å². The van der Waals surface area contributed by atoms with Gasteiger partial charge in [0, 0.05) is 55.8 Å². The number of carboxylic acid groups (broad SMARTS) is 1. The minimum atomic E-state index is -1.08. The van der Waals surface area contributed by atoms with Gasteiger partial charge in [0.2, 0.25) is 0 Å². The Kier molecular flexibility index (Phi) is 6.03.